The summed E-state index contributed by atoms with van der Waals surface area (Å²) < 4.78 is 1.01. The van der Waals surface area contributed by atoms with Crippen LogP contribution in [0.4, 0.5) is 5.69 Å². The fraction of sp³-hybridized carbons (Fsp3) is 0.267. The maximum Gasteiger partial charge on any atom is 0.192 e. The van der Waals surface area contributed by atoms with Gasteiger partial charge in [-0.2, -0.15) is 0 Å². The highest BCUT2D eigenvalue weighted by atomic mass is 79.9. The Balaban J connectivity index is 1.79. The third kappa shape index (κ3) is 2.74. The fourth-order valence-corrected chi connectivity index (χ4v) is 3.81. The average molecular weight is 336 g/mol. The quantitative estimate of drug-likeness (QED) is 0.785. The number of rotatable bonds is 3. The van der Waals surface area contributed by atoms with E-state index in [2.05, 4.69) is 39.0 Å². The minimum atomic E-state index is 0.201. The summed E-state index contributed by atoms with van der Waals surface area (Å²) in [4.78, 5) is 15.3. The zero-order valence-corrected chi connectivity index (χ0v) is 12.8. The van der Waals surface area contributed by atoms with Gasteiger partial charge in [0.25, 0.3) is 0 Å². The van der Waals surface area contributed by atoms with Gasteiger partial charge in [-0.15, -0.1) is 11.3 Å². The summed E-state index contributed by atoms with van der Waals surface area (Å²) in [5, 5.41) is 0. The summed E-state index contributed by atoms with van der Waals surface area (Å²) in [6, 6.07) is 12.2. The second kappa shape index (κ2) is 5.47. The molecule has 0 saturated heterocycles. The third-order valence-corrected chi connectivity index (χ3v) is 5.05. The Morgan fingerprint density at radius 3 is 2.89 bits per heavy atom. The highest BCUT2D eigenvalue weighted by molar-refractivity contribution is 9.11. The Morgan fingerprint density at radius 1 is 1.26 bits per heavy atom. The van der Waals surface area contributed by atoms with Crippen LogP contribution in [0.3, 0.4) is 0 Å². The second-order valence-corrected chi connectivity index (χ2v) is 7.14. The SMILES string of the molecule is O=C(CN1CCCc2ccccc21)c1ccc(Br)s1. The molecular formula is C15H14BrNOS. The van der Waals surface area contributed by atoms with Gasteiger partial charge in [0.15, 0.2) is 5.78 Å². The van der Waals surface area contributed by atoms with Crippen molar-refractivity contribution in [1.29, 1.82) is 0 Å². The van der Waals surface area contributed by atoms with Gasteiger partial charge in [-0.25, -0.2) is 0 Å². The molecule has 0 saturated carbocycles. The van der Waals surface area contributed by atoms with Crippen molar-refractivity contribution in [2.24, 2.45) is 0 Å². The lowest BCUT2D eigenvalue weighted by Gasteiger charge is -2.30. The van der Waals surface area contributed by atoms with Crippen molar-refractivity contribution in [2.45, 2.75) is 12.8 Å². The smallest absolute Gasteiger partial charge is 0.192 e. The van der Waals surface area contributed by atoms with E-state index in [4.69, 9.17) is 0 Å². The van der Waals surface area contributed by atoms with Crippen molar-refractivity contribution in [3.05, 3.63) is 50.6 Å². The van der Waals surface area contributed by atoms with E-state index >= 15 is 0 Å². The number of para-hydroxylation sites is 1. The first-order valence-electron chi connectivity index (χ1n) is 6.35. The first-order valence-corrected chi connectivity index (χ1v) is 7.96. The summed E-state index contributed by atoms with van der Waals surface area (Å²) >= 11 is 4.91. The van der Waals surface area contributed by atoms with Crippen LogP contribution in [0, 0.1) is 0 Å². The maximum atomic E-state index is 12.3. The minimum absolute atomic E-state index is 0.201. The highest BCUT2D eigenvalue weighted by Gasteiger charge is 2.19. The van der Waals surface area contributed by atoms with Crippen LogP contribution in [0.2, 0.25) is 0 Å². The Morgan fingerprint density at radius 2 is 2.11 bits per heavy atom. The van der Waals surface area contributed by atoms with Crippen LogP contribution < -0.4 is 4.90 Å². The van der Waals surface area contributed by atoms with Gasteiger partial charge >= 0.3 is 0 Å². The van der Waals surface area contributed by atoms with Crippen LogP contribution in [0.25, 0.3) is 0 Å². The highest BCUT2D eigenvalue weighted by Crippen LogP contribution is 2.28. The molecule has 1 aliphatic heterocycles. The van der Waals surface area contributed by atoms with Crippen molar-refractivity contribution in [1.82, 2.24) is 0 Å². The van der Waals surface area contributed by atoms with Gasteiger partial charge in [0.1, 0.15) is 0 Å². The van der Waals surface area contributed by atoms with E-state index in [0.29, 0.717) is 6.54 Å². The number of benzene rings is 1. The van der Waals surface area contributed by atoms with Gasteiger partial charge in [-0.3, -0.25) is 4.79 Å². The molecule has 0 radical (unpaired) electrons. The van der Waals surface area contributed by atoms with Crippen molar-refractivity contribution < 1.29 is 4.79 Å². The number of ketones is 1. The van der Waals surface area contributed by atoms with E-state index in [0.717, 1.165) is 28.0 Å². The first kappa shape index (κ1) is 12.9. The predicted octanol–water partition coefficient (Wildman–Crippen LogP) is 4.15. The Hall–Kier alpha value is -1.13. The second-order valence-electron chi connectivity index (χ2n) is 4.68. The summed E-state index contributed by atoms with van der Waals surface area (Å²) in [6.07, 6.45) is 2.24. The van der Waals surface area contributed by atoms with E-state index in [-0.39, 0.29) is 5.78 Å². The predicted molar refractivity (Wildman–Crippen MR) is 83.3 cm³/mol. The monoisotopic (exact) mass is 335 g/mol. The zero-order valence-electron chi connectivity index (χ0n) is 10.4. The number of Topliss-reactive ketones (excluding diaryl/α,β-unsaturated/α-hetero) is 1. The molecule has 98 valence electrons. The lowest BCUT2D eigenvalue weighted by Crippen LogP contribution is -2.34. The van der Waals surface area contributed by atoms with Crippen LogP contribution in [0.1, 0.15) is 21.7 Å². The minimum Gasteiger partial charge on any atom is -0.364 e. The largest absolute Gasteiger partial charge is 0.364 e. The van der Waals surface area contributed by atoms with E-state index in [9.17, 15) is 4.79 Å². The van der Waals surface area contributed by atoms with Crippen LogP contribution >= 0.6 is 27.3 Å². The van der Waals surface area contributed by atoms with Crippen molar-refractivity contribution in [2.75, 3.05) is 18.0 Å². The molecule has 2 nitrogen and oxygen atoms in total. The number of hydrogen-bond donors (Lipinski definition) is 0. The van der Waals surface area contributed by atoms with Crippen LogP contribution in [0.5, 0.6) is 0 Å². The third-order valence-electron chi connectivity index (χ3n) is 3.39. The number of nitrogens with zero attached hydrogens (tertiary/aromatic N) is 1. The summed E-state index contributed by atoms with van der Waals surface area (Å²) in [5.74, 6) is 0.201. The number of halogens is 1. The first-order chi connectivity index (χ1) is 9.24. The summed E-state index contributed by atoms with van der Waals surface area (Å²) in [6.45, 7) is 1.44. The van der Waals surface area contributed by atoms with Crippen molar-refractivity contribution in [3.8, 4) is 0 Å². The summed E-state index contributed by atoms with van der Waals surface area (Å²) in [5.41, 5.74) is 2.58. The van der Waals surface area contributed by atoms with Gasteiger partial charge in [0.2, 0.25) is 0 Å². The Bertz CT molecular complexity index is 608. The molecule has 0 spiro atoms. The molecule has 19 heavy (non-hydrogen) atoms. The van der Waals surface area contributed by atoms with Crippen molar-refractivity contribution in [3.63, 3.8) is 0 Å². The number of aryl methyl sites for hydroxylation is 1. The molecule has 0 bridgehead atoms. The van der Waals surface area contributed by atoms with Crippen molar-refractivity contribution >= 4 is 38.7 Å². The lowest BCUT2D eigenvalue weighted by atomic mass is 10.0. The van der Waals surface area contributed by atoms with E-state index in [1.54, 1.807) is 0 Å². The molecule has 2 aromatic rings. The number of carbonyl (C=O) groups is 1. The standard InChI is InChI=1S/C15H14BrNOS/c16-15-8-7-14(19-15)13(18)10-17-9-3-5-11-4-1-2-6-12(11)17/h1-2,4,6-8H,3,5,9-10H2. The Kier molecular flexibility index (Phi) is 3.71. The number of hydrogen-bond acceptors (Lipinski definition) is 3. The molecule has 4 heteroatoms. The molecular weight excluding hydrogens is 322 g/mol. The van der Waals surface area contributed by atoms with Crippen LogP contribution in [-0.4, -0.2) is 18.9 Å². The molecule has 0 fully saturated rings. The molecule has 2 heterocycles. The molecule has 0 N–H and O–H groups in total. The molecule has 0 amide bonds. The Labute approximate surface area is 125 Å². The lowest BCUT2D eigenvalue weighted by molar-refractivity contribution is 0.100. The number of thiophene rings is 1. The van der Waals surface area contributed by atoms with Gasteiger partial charge in [0, 0.05) is 12.2 Å². The topological polar surface area (TPSA) is 20.3 Å². The zero-order chi connectivity index (χ0) is 13.2. The normalized spacial score (nSPS) is 14.3. The van der Waals surface area contributed by atoms with Crippen LogP contribution in [0.15, 0.2) is 40.2 Å². The molecule has 1 aliphatic rings. The maximum absolute atomic E-state index is 12.3. The number of fused-ring (bicyclic) bond motifs is 1. The molecule has 1 aromatic carbocycles. The average Bonchev–Trinajstić information content (AvgIpc) is 2.86. The molecule has 1 aromatic heterocycles. The molecule has 0 unspecified atom stereocenters. The van der Waals surface area contributed by atoms with Gasteiger partial charge < -0.3 is 4.90 Å². The van der Waals surface area contributed by atoms with E-state index in [1.165, 1.54) is 22.6 Å². The number of carbonyl (C=O) groups excluding carboxylic acids is 1. The molecule has 0 atom stereocenters. The fourth-order valence-electron chi connectivity index (χ4n) is 2.49. The summed E-state index contributed by atoms with van der Waals surface area (Å²) in [7, 11) is 0. The van der Waals surface area contributed by atoms with E-state index < -0.39 is 0 Å². The number of anilines is 1. The molecule has 0 aliphatic carbocycles. The molecule has 3 rings (SSSR count). The van der Waals surface area contributed by atoms with Crippen LogP contribution in [-0.2, 0) is 6.42 Å². The van der Waals surface area contributed by atoms with Gasteiger partial charge in [-0.05, 0) is 52.5 Å². The van der Waals surface area contributed by atoms with Gasteiger partial charge in [0.05, 0.1) is 15.2 Å². The van der Waals surface area contributed by atoms with E-state index in [1.807, 2.05) is 18.2 Å². The van der Waals surface area contributed by atoms with Gasteiger partial charge in [-0.1, -0.05) is 18.2 Å².